The molecule has 1 heterocycles. The summed E-state index contributed by atoms with van der Waals surface area (Å²) >= 11 is 5.41. The van der Waals surface area contributed by atoms with Crippen LogP contribution in [0, 0.1) is 10.1 Å². The topological polar surface area (TPSA) is 105 Å². The quantitative estimate of drug-likeness (QED) is 0.469. The van der Waals surface area contributed by atoms with Gasteiger partial charge in [-0.05, 0) is 38.0 Å². The van der Waals surface area contributed by atoms with Crippen molar-refractivity contribution in [3.8, 4) is 11.5 Å². The van der Waals surface area contributed by atoms with E-state index in [4.69, 9.17) is 17.0 Å². The number of thiocarbonyl (C=S) groups is 1. The molecular formula is C17H19N3O5S. The van der Waals surface area contributed by atoms with E-state index in [1.165, 1.54) is 13.2 Å². The number of nitrogens with one attached hydrogen (secondary N) is 1. The summed E-state index contributed by atoms with van der Waals surface area (Å²) in [5, 5.41) is 25.2. The van der Waals surface area contributed by atoms with E-state index >= 15 is 0 Å². The smallest absolute Gasteiger partial charge is 0.279 e. The number of nitro benzene ring substituents is 1. The average Bonchev–Trinajstić information content (AvgIpc) is 2.60. The molecule has 3 rings (SSSR count). The van der Waals surface area contributed by atoms with E-state index in [-0.39, 0.29) is 28.5 Å². The highest BCUT2D eigenvalue weighted by Gasteiger charge is 2.39. The minimum absolute atomic E-state index is 0.00167. The number of Topliss-reactive ketones (excluding diaryl/α,β-unsaturated/α-hetero) is 1. The monoisotopic (exact) mass is 377 g/mol. The molecule has 0 saturated carbocycles. The summed E-state index contributed by atoms with van der Waals surface area (Å²) in [5.74, 6) is -0.295. The third-order valence-corrected chi connectivity index (χ3v) is 5.05. The molecule has 1 aromatic carbocycles. The molecule has 1 aliphatic carbocycles. The van der Waals surface area contributed by atoms with Crippen LogP contribution in [0.4, 0.5) is 5.69 Å². The van der Waals surface area contributed by atoms with Crippen molar-refractivity contribution in [2.45, 2.75) is 32.2 Å². The lowest BCUT2D eigenvalue weighted by Gasteiger charge is -2.40. The highest BCUT2D eigenvalue weighted by atomic mass is 32.1. The van der Waals surface area contributed by atoms with Gasteiger partial charge in [-0.2, -0.15) is 0 Å². The van der Waals surface area contributed by atoms with E-state index in [1.807, 2.05) is 11.8 Å². The Hall–Kier alpha value is -2.68. The Balaban J connectivity index is 2.22. The molecule has 2 N–H and O–H groups in total. The van der Waals surface area contributed by atoms with Crippen molar-refractivity contribution in [2.75, 3.05) is 13.7 Å². The molecule has 9 heteroatoms. The summed E-state index contributed by atoms with van der Waals surface area (Å²) in [7, 11) is 1.32. The Morgan fingerprint density at radius 2 is 2.19 bits per heavy atom. The Morgan fingerprint density at radius 1 is 1.46 bits per heavy atom. The fourth-order valence-electron chi connectivity index (χ4n) is 3.55. The van der Waals surface area contributed by atoms with Gasteiger partial charge < -0.3 is 20.1 Å². The summed E-state index contributed by atoms with van der Waals surface area (Å²) < 4.78 is 4.97. The third kappa shape index (κ3) is 2.88. The zero-order valence-corrected chi connectivity index (χ0v) is 15.3. The molecule has 0 saturated heterocycles. The van der Waals surface area contributed by atoms with Crippen LogP contribution < -0.4 is 10.1 Å². The van der Waals surface area contributed by atoms with Crippen LogP contribution in [-0.2, 0) is 4.79 Å². The van der Waals surface area contributed by atoms with Crippen LogP contribution in [0.25, 0.3) is 0 Å². The Kier molecular flexibility index (Phi) is 4.82. The molecule has 0 amide bonds. The third-order valence-electron chi connectivity index (χ3n) is 4.71. The highest BCUT2D eigenvalue weighted by molar-refractivity contribution is 7.80. The van der Waals surface area contributed by atoms with E-state index in [0.717, 1.165) is 18.2 Å². The number of hydrogen-bond donors (Lipinski definition) is 2. The lowest BCUT2D eigenvalue weighted by atomic mass is 9.84. The number of rotatable bonds is 4. The number of nitro groups is 1. The van der Waals surface area contributed by atoms with Gasteiger partial charge in [0.05, 0.1) is 29.7 Å². The molecule has 1 aromatic rings. The number of phenols is 1. The molecule has 0 bridgehead atoms. The molecule has 1 unspecified atom stereocenters. The van der Waals surface area contributed by atoms with Crippen LogP contribution in [-0.4, -0.2) is 39.5 Å². The minimum Gasteiger partial charge on any atom is -0.504 e. The lowest BCUT2D eigenvalue weighted by Crippen LogP contribution is -2.49. The van der Waals surface area contributed by atoms with Crippen LogP contribution in [0.15, 0.2) is 23.4 Å². The van der Waals surface area contributed by atoms with Crippen LogP contribution in [0.2, 0.25) is 0 Å². The minimum atomic E-state index is -0.773. The maximum atomic E-state index is 12.6. The first kappa shape index (κ1) is 18.1. The number of ether oxygens (including phenoxy) is 1. The number of carbonyl (C=O) groups excluding carboxylic acids is 1. The molecule has 1 atom stereocenters. The summed E-state index contributed by atoms with van der Waals surface area (Å²) in [6, 6.07) is 1.66. The van der Waals surface area contributed by atoms with Gasteiger partial charge in [0, 0.05) is 24.2 Å². The molecule has 2 aliphatic rings. The van der Waals surface area contributed by atoms with Crippen molar-refractivity contribution in [3.63, 3.8) is 0 Å². The summed E-state index contributed by atoms with van der Waals surface area (Å²) in [6.45, 7) is 2.53. The molecule has 0 spiro atoms. The van der Waals surface area contributed by atoms with Gasteiger partial charge in [0.15, 0.2) is 22.4 Å². The Labute approximate surface area is 155 Å². The Morgan fingerprint density at radius 3 is 2.81 bits per heavy atom. The molecule has 138 valence electrons. The molecule has 0 radical (unpaired) electrons. The first-order valence-corrected chi connectivity index (χ1v) is 8.69. The van der Waals surface area contributed by atoms with Crippen molar-refractivity contribution >= 4 is 28.8 Å². The maximum absolute atomic E-state index is 12.6. The number of methoxy groups -OCH3 is 1. The van der Waals surface area contributed by atoms with Gasteiger partial charge in [0.2, 0.25) is 0 Å². The SMILES string of the molecule is CCN1C(=S)NC(c2cc(O)c(OC)cc2[N+](=O)[O-])C2=C1CCCC2=O. The van der Waals surface area contributed by atoms with Crippen LogP contribution in [0.1, 0.15) is 37.8 Å². The van der Waals surface area contributed by atoms with Gasteiger partial charge >= 0.3 is 0 Å². The molecule has 26 heavy (non-hydrogen) atoms. The number of hydrogen-bond acceptors (Lipinski definition) is 6. The van der Waals surface area contributed by atoms with Crippen molar-refractivity contribution < 1.29 is 19.6 Å². The second kappa shape index (κ2) is 6.91. The van der Waals surface area contributed by atoms with Gasteiger partial charge in [0.25, 0.3) is 5.69 Å². The van der Waals surface area contributed by atoms with Crippen LogP contribution in [0.5, 0.6) is 11.5 Å². The van der Waals surface area contributed by atoms with E-state index in [0.29, 0.717) is 30.1 Å². The number of benzene rings is 1. The summed E-state index contributed by atoms with van der Waals surface area (Å²) in [4.78, 5) is 25.5. The number of aromatic hydroxyl groups is 1. The average molecular weight is 377 g/mol. The number of allylic oxidation sites excluding steroid dienone is 1. The molecule has 1 aliphatic heterocycles. The number of ketones is 1. The fourth-order valence-corrected chi connectivity index (χ4v) is 3.90. The zero-order chi connectivity index (χ0) is 19.0. The predicted molar refractivity (Wildman–Crippen MR) is 98.1 cm³/mol. The Bertz CT molecular complexity index is 836. The molecule has 8 nitrogen and oxygen atoms in total. The summed E-state index contributed by atoms with van der Waals surface area (Å²) in [6.07, 6.45) is 1.79. The number of carbonyl (C=O) groups is 1. The highest BCUT2D eigenvalue weighted by Crippen LogP contribution is 2.43. The fraction of sp³-hybridized carbons (Fsp3) is 0.412. The van der Waals surface area contributed by atoms with Crippen LogP contribution >= 0.6 is 12.2 Å². The van der Waals surface area contributed by atoms with E-state index in [1.54, 1.807) is 0 Å². The van der Waals surface area contributed by atoms with Crippen molar-refractivity contribution in [2.24, 2.45) is 0 Å². The van der Waals surface area contributed by atoms with E-state index in [9.17, 15) is 20.0 Å². The number of phenolic OH excluding ortho intramolecular Hbond substituents is 1. The second-order valence-electron chi connectivity index (χ2n) is 6.10. The van der Waals surface area contributed by atoms with E-state index in [2.05, 4.69) is 5.32 Å². The zero-order valence-electron chi connectivity index (χ0n) is 14.4. The van der Waals surface area contributed by atoms with Gasteiger partial charge in [0.1, 0.15) is 0 Å². The van der Waals surface area contributed by atoms with Gasteiger partial charge in [-0.1, -0.05) is 0 Å². The molecule has 0 fully saturated rings. The lowest BCUT2D eigenvalue weighted by molar-refractivity contribution is -0.385. The van der Waals surface area contributed by atoms with Crippen LogP contribution in [0.3, 0.4) is 0 Å². The van der Waals surface area contributed by atoms with Gasteiger partial charge in [-0.15, -0.1) is 0 Å². The largest absolute Gasteiger partial charge is 0.504 e. The summed E-state index contributed by atoms with van der Waals surface area (Å²) in [5.41, 5.74) is 1.24. The first-order valence-electron chi connectivity index (χ1n) is 8.28. The van der Waals surface area contributed by atoms with E-state index < -0.39 is 11.0 Å². The van der Waals surface area contributed by atoms with Crippen molar-refractivity contribution in [1.29, 1.82) is 0 Å². The van der Waals surface area contributed by atoms with Gasteiger partial charge in [-0.3, -0.25) is 14.9 Å². The standard InChI is InChI=1S/C17H19N3O5S/c1-3-19-10-5-4-6-12(21)15(10)16(18-17(19)26)9-7-13(22)14(25-2)8-11(9)20(23)24/h7-8,16,22H,3-6H2,1-2H3,(H,18,26). The van der Waals surface area contributed by atoms with Crippen molar-refractivity contribution in [1.82, 2.24) is 10.2 Å². The maximum Gasteiger partial charge on any atom is 0.279 e. The first-order chi connectivity index (χ1) is 12.4. The second-order valence-corrected chi connectivity index (χ2v) is 6.49. The molecular weight excluding hydrogens is 358 g/mol. The molecule has 0 aromatic heterocycles. The predicted octanol–water partition coefficient (Wildman–Crippen LogP) is 2.57. The number of nitrogens with zero attached hydrogens (tertiary/aromatic N) is 2. The normalized spacial score (nSPS) is 19.9. The van der Waals surface area contributed by atoms with Gasteiger partial charge in [-0.25, -0.2) is 0 Å². The van der Waals surface area contributed by atoms with Crippen molar-refractivity contribution in [3.05, 3.63) is 39.1 Å².